The van der Waals surface area contributed by atoms with Gasteiger partial charge in [0.05, 0.1) is 16.7 Å². The molecule has 1 saturated heterocycles. The zero-order valence-corrected chi connectivity index (χ0v) is 17.8. The summed E-state index contributed by atoms with van der Waals surface area (Å²) in [7, 11) is 0. The second-order valence-electron chi connectivity index (χ2n) is 6.56. The Hall–Kier alpha value is -1.49. The minimum Gasteiger partial charge on any atom is -0.376 e. The van der Waals surface area contributed by atoms with Gasteiger partial charge in [-0.05, 0) is 39.2 Å². The molecule has 1 fully saturated rings. The molecule has 0 spiro atoms. The van der Waals surface area contributed by atoms with Gasteiger partial charge in [-0.1, -0.05) is 23.1 Å². The molecule has 144 valence electrons. The van der Waals surface area contributed by atoms with Crippen molar-refractivity contribution in [3.05, 3.63) is 26.6 Å². The van der Waals surface area contributed by atoms with Crippen LogP contribution in [0.2, 0.25) is 0 Å². The second-order valence-corrected chi connectivity index (χ2v) is 10.3. The SMILES string of the molecule is Cc1sc2nc([C@H](C)Sc3nnc(NC[C@H]4CCCO4)s3)[nH]c(=O)c2c1C. The first-order chi connectivity index (χ1) is 13.0. The number of aromatic amines is 1. The summed E-state index contributed by atoms with van der Waals surface area (Å²) in [6.45, 7) is 7.61. The summed E-state index contributed by atoms with van der Waals surface area (Å²) in [5, 5.41) is 13.2. The van der Waals surface area contributed by atoms with E-state index >= 15 is 0 Å². The topological polar surface area (TPSA) is 92.8 Å². The Morgan fingerprint density at radius 1 is 1.37 bits per heavy atom. The highest BCUT2D eigenvalue weighted by molar-refractivity contribution is 8.01. The zero-order valence-electron chi connectivity index (χ0n) is 15.4. The lowest BCUT2D eigenvalue weighted by atomic mass is 10.2. The molecule has 0 bridgehead atoms. The molecule has 3 aromatic rings. The molecule has 0 aliphatic carbocycles. The Kier molecular flexibility index (Phi) is 5.49. The van der Waals surface area contributed by atoms with Crippen LogP contribution in [0, 0.1) is 13.8 Å². The minimum atomic E-state index is -0.0690. The average Bonchev–Trinajstić information content (AvgIpc) is 3.35. The van der Waals surface area contributed by atoms with Crippen LogP contribution < -0.4 is 10.9 Å². The molecule has 4 heterocycles. The lowest BCUT2D eigenvalue weighted by Gasteiger charge is -2.09. The number of nitrogens with zero attached hydrogens (tertiary/aromatic N) is 3. The molecule has 10 heteroatoms. The number of thiophene rings is 1. The van der Waals surface area contributed by atoms with E-state index in [1.165, 1.54) is 11.3 Å². The van der Waals surface area contributed by atoms with Crippen LogP contribution in [0.25, 0.3) is 10.2 Å². The standard InChI is InChI=1S/C17H21N5O2S3/c1-8-9(2)25-15-12(8)14(23)19-13(20-15)10(3)26-17-22-21-16(27-17)18-7-11-5-4-6-24-11/h10-11H,4-7H2,1-3H3,(H,18,21)(H,19,20,23)/t10-,11+/m0/s1. The fourth-order valence-electron chi connectivity index (χ4n) is 3.01. The van der Waals surface area contributed by atoms with Gasteiger partial charge in [0, 0.05) is 18.0 Å². The van der Waals surface area contributed by atoms with E-state index in [-0.39, 0.29) is 16.9 Å². The Morgan fingerprint density at radius 3 is 3.00 bits per heavy atom. The average molecular weight is 424 g/mol. The van der Waals surface area contributed by atoms with Crippen molar-refractivity contribution in [3.63, 3.8) is 0 Å². The number of hydrogen-bond acceptors (Lipinski definition) is 9. The summed E-state index contributed by atoms with van der Waals surface area (Å²) < 4.78 is 6.45. The molecule has 3 aromatic heterocycles. The van der Waals surface area contributed by atoms with Gasteiger partial charge in [-0.2, -0.15) is 0 Å². The third-order valence-corrected chi connectivity index (χ3v) is 7.81. The van der Waals surface area contributed by atoms with Crippen LogP contribution in [0.15, 0.2) is 9.13 Å². The first kappa shape index (κ1) is 18.9. The predicted octanol–water partition coefficient (Wildman–Crippen LogP) is 3.90. The minimum absolute atomic E-state index is 0.0243. The van der Waals surface area contributed by atoms with Gasteiger partial charge in [-0.3, -0.25) is 4.79 Å². The Morgan fingerprint density at radius 2 is 2.22 bits per heavy atom. The number of fused-ring (bicyclic) bond motifs is 1. The third kappa shape index (κ3) is 4.03. The first-order valence-corrected chi connectivity index (χ1v) is 11.4. The summed E-state index contributed by atoms with van der Waals surface area (Å²) in [4.78, 5) is 22.0. The molecule has 1 aliphatic rings. The van der Waals surface area contributed by atoms with E-state index in [1.807, 2.05) is 20.8 Å². The van der Waals surface area contributed by atoms with Crippen molar-refractivity contribution < 1.29 is 4.74 Å². The van der Waals surface area contributed by atoms with E-state index < -0.39 is 0 Å². The quantitative estimate of drug-likeness (QED) is 0.581. The molecule has 2 atom stereocenters. The van der Waals surface area contributed by atoms with Crippen molar-refractivity contribution in [1.82, 2.24) is 20.2 Å². The summed E-state index contributed by atoms with van der Waals surface area (Å²) in [5.74, 6) is 0.669. The highest BCUT2D eigenvalue weighted by atomic mass is 32.2. The van der Waals surface area contributed by atoms with E-state index in [2.05, 4.69) is 25.5 Å². The summed E-state index contributed by atoms with van der Waals surface area (Å²) in [5.41, 5.74) is 0.946. The lowest BCUT2D eigenvalue weighted by molar-refractivity contribution is 0.120. The van der Waals surface area contributed by atoms with E-state index in [9.17, 15) is 4.79 Å². The number of thioether (sulfide) groups is 1. The van der Waals surface area contributed by atoms with Crippen LogP contribution >= 0.6 is 34.4 Å². The molecule has 0 amide bonds. The van der Waals surface area contributed by atoms with Gasteiger partial charge in [0.15, 0.2) is 4.34 Å². The fraction of sp³-hybridized carbons (Fsp3) is 0.529. The smallest absolute Gasteiger partial charge is 0.259 e. The Balaban J connectivity index is 1.45. The maximum Gasteiger partial charge on any atom is 0.259 e. The normalized spacial score (nSPS) is 18.3. The largest absolute Gasteiger partial charge is 0.376 e. The van der Waals surface area contributed by atoms with E-state index in [4.69, 9.17) is 4.74 Å². The lowest BCUT2D eigenvalue weighted by Crippen LogP contribution is -2.18. The number of ether oxygens (including phenoxy) is 1. The number of rotatable bonds is 6. The first-order valence-electron chi connectivity index (χ1n) is 8.87. The molecular weight excluding hydrogens is 402 g/mol. The van der Waals surface area contributed by atoms with Gasteiger partial charge in [0.2, 0.25) is 5.13 Å². The molecule has 7 nitrogen and oxygen atoms in total. The molecule has 0 unspecified atom stereocenters. The van der Waals surface area contributed by atoms with Gasteiger partial charge in [0.25, 0.3) is 5.56 Å². The number of aryl methyl sites for hydroxylation is 2. The van der Waals surface area contributed by atoms with Gasteiger partial charge in [0.1, 0.15) is 10.7 Å². The molecule has 4 rings (SSSR count). The van der Waals surface area contributed by atoms with Crippen LogP contribution in [0.4, 0.5) is 5.13 Å². The van der Waals surface area contributed by atoms with Crippen LogP contribution in [-0.2, 0) is 4.74 Å². The number of hydrogen-bond donors (Lipinski definition) is 2. The van der Waals surface area contributed by atoms with E-state index in [0.29, 0.717) is 11.2 Å². The molecule has 1 aliphatic heterocycles. The van der Waals surface area contributed by atoms with Crippen molar-refractivity contribution in [2.45, 2.75) is 49.3 Å². The molecular formula is C17H21N5O2S3. The Bertz CT molecular complexity index is 1010. The van der Waals surface area contributed by atoms with Crippen LogP contribution in [-0.4, -0.2) is 39.4 Å². The van der Waals surface area contributed by atoms with Crippen molar-refractivity contribution in [2.75, 3.05) is 18.5 Å². The van der Waals surface area contributed by atoms with Crippen molar-refractivity contribution in [1.29, 1.82) is 0 Å². The highest BCUT2D eigenvalue weighted by Crippen LogP contribution is 2.37. The maximum absolute atomic E-state index is 12.5. The number of H-pyrrole nitrogens is 1. The van der Waals surface area contributed by atoms with Crippen molar-refractivity contribution >= 4 is 49.8 Å². The van der Waals surface area contributed by atoms with Crippen LogP contribution in [0.3, 0.4) is 0 Å². The predicted molar refractivity (Wildman–Crippen MR) is 111 cm³/mol. The Labute approximate surface area is 169 Å². The monoisotopic (exact) mass is 423 g/mol. The van der Waals surface area contributed by atoms with Gasteiger partial charge >= 0.3 is 0 Å². The van der Waals surface area contributed by atoms with Crippen molar-refractivity contribution in [2.24, 2.45) is 0 Å². The summed E-state index contributed by atoms with van der Waals surface area (Å²) >= 11 is 4.63. The molecule has 0 saturated carbocycles. The summed E-state index contributed by atoms with van der Waals surface area (Å²) in [6, 6.07) is 0. The fourth-order valence-corrected chi connectivity index (χ4v) is 6.00. The molecule has 0 radical (unpaired) electrons. The van der Waals surface area contributed by atoms with Crippen LogP contribution in [0.1, 0.15) is 41.3 Å². The maximum atomic E-state index is 12.5. The molecule has 27 heavy (non-hydrogen) atoms. The van der Waals surface area contributed by atoms with E-state index in [1.54, 1.807) is 23.1 Å². The van der Waals surface area contributed by atoms with Gasteiger partial charge in [-0.25, -0.2) is 4.98 Å². The van der Waals surface area contributed by atoms with E-state index in [0.717, 1.165) is 50.7 Å². The number of anilines is 1. The number of aromatic nitrogens is 4. The number of nitrogens with one attached hydrogen (secondary N) is 2. The van der Waals surface area contributed by atoms with Crippen LogP contribution in [0.5, 0.6) is 0 Å². The van der Waals surface area contributed by atoms with Crippen molar-refractivity contribution in [3.8, 4) is 0 Å². The van der Waals surface area contributed by atoms with Gasteiger partial charge in [-0.15, -0.1) is 21.5 Å². The molecule has 2 N–H and O–H groups in total. The second kappa shape index (κ2) is 7.86. The zero-order chi connectivity index (χ0) is 19.0. The summed E-state index contributed by atoms with van der Waals surface area (Å²) in [6.07, 6.45) is 2.48. The van der Waals surface area contributed by atoms with Gasteiger partial charge < -0.3 is 15.0 Å². The highest BCUT2D eigenvalue weighted by Gasteiger charge is 2.19. The third-order valence-electron chi connectivity index (χ3n) is 4.63. The molecule has 0 aromatic carbocycles.